The van der Waals surface area contributed by atoms with E-state index >= 15 is 0 Å². The van der Waals surface area contributed by atoms with Crippen LogP contribution in [0.2, 0.25) is 0 Å². The van der Waals surface area contributed by atoms with Crippen LogP contribution in [0.4, 0.5) is 5.69 Å². The summed E-state index contributed by atoms with van der Waals surface area (Å²) in [4.78, 5) is 13.5. The Labute approximate surface area is 219 Å². The van der Waals surface area contributed by atoms with E-state index in [0.29, 0.717) is 47.3 Å². The largest absolute Gasteiger partial charge is 0.494 e. The molecule has 9 heteroatoms. The van der Waals surface area contributed by atoms with Crippen LogP contribution in [0, 0.1) is 17.8 Å². The second kappa shape index (κ2) is 10.1. The van der Waals surface area contributed by atoms with Gasteiger partial charge in [0.2, 0.25) is 5.91 Å². The number of amides is 1. The van der Waals surface area contributed by atoms with Gasteiger partial charge in [-0.05, 0) is 99.6 Å². The average Bonchev–Trinajstić information content (AvgIpc) is 2.86. The van der Waals surface area contributed by atoms with E-state index in [0.717, 1.165) is 19.3 Å². The fraction of sp³-hybridized carbons (Fsp3) is 0.536. The lowest BCUT2D eigenvalue weighted by Crippen LogP contribution is -2.61. The molecule has 0 radical (unpaired) electrons. The second-order valence-corrected chi connectivity index (χ2v) is 12.6. The summed E-state index contributed by atoms with van der Waals surface area (Å²) in [5, 5.41) is 3.31. The zero-order chi connectivity index (χ0) is 26.2. The van der Waals surface area contributed by atoms with Crippen LogP contribution >= 0.6 is 0 Å². The lowest BCUT2D eigenvalue weighted by molar-refractivity contribution is -0.125. The number of benzene rings is 2. The van der Waals surface area contributed by atoms with Crippen molar-refractivity contribution < 1.29 is 27.4 Å². The predicted octanol–water partition coefficient (Wildman–Crippen LogP) is 4.38. The molecule has 4 aliphatic rings. The van der Waals surface area contributed by atoms with Gasteiger partial charge in [0.1, 0.15) is 12.3 Å². The van der Waals surface area contributed by atoms with Crippen LogP contribution in [0.5, 0.6) is 17.2 Å². The van der Waals surface area contributed by atoms with E-state index in [2.05, 4.69) is 5.32 Å². The molecule has 200 valence electrons. The molecule has 1 amide bonds. The molecule has 8 nitrogen and oxygen atoms in total. The van der Waals surface area contributed by atoms with Gasteiger partial charge >= 0.3 is 0 Å². The third-order valence-corrected chi connectivity index (χ3v) is 9.88. The van der Waals surface area contributed by atoms with E-state index in [4.69, 9.17) is 14.2 Å². The first-order chi connectivity index (χ1) is 17.7. The lowest BCUT2D eigenvalue weighted by atomic mass is 9.53. The van der Waals surface area contributed by atoms with Crippen molar-refractivity contribution in [2.45, 2.75) is 55.9 Å². The standard InChI is InChI=1S/C28H36N2O6S/c1-4-36-23-7-5-22(6-8-23)30(37(32,33)24-9-10-25(34-2)26(14-24)35-3)18-27(31)29-28-15-19-11-20(16-28)13-21(12-19)17-28/h5-10,14,19-21H,4,11-13,15-18H2,1-3H3,(H,29,31). The Bertz CT molecular complexity index is 1210. The highest BCUT2D eigenvalue weighted by atomic mass is 32.2. The highest BCUT2D eigenvalue weighted by Crippen LogP contribution is 2.55. The monoisotopic (exact) mass is 528 g/mol. The zero-order valence-corrected chi connectivity index (χ0v) is 22.6. The Kier molecular flexibility index (Phi) is 7.00. The van der Waals surface area contributed by atoms with E-state index in [1.807, 2.05) is 6.92 Å². The number of anilines is 1. The molecule has 6 rings (SSSR count). The van der Waals surface area contributed by atoms with Crippen LogP contribution in [-0.2, 0) is 14.8 Å². The highest BCUT2D eigenvalue weighted by molar-refractivity contribution is 7.92. The fourth-order valence-electron chi connectivity index (χ4n) is 7.02. The number of carbonyl (C=O) groups excluding carboxylic acids is 1. The molecule has 0 unspecified atom stereocenters. The number of nitrogens with zero attached hydrogens (tertiary/aromatic N) is 1. The first-order valence-corrected chi connectivity index (χ1v) is 14.5. The van der Waals surface area contributed by atoms with Crippen molar-refractivity contribution in [1.29, 1.82) is 0 Å². The molecule has 0 aromatic heterocycles. The van der Waals surface area contributed by atoms with Gasteiger partial charge < -0.3 is 19.5 Å². The van der Waals surface area contributed by atoms with Crippen LogP contribution < -0.4 is 23.8 Å². The normalized spacial score (nSPS) is 26.0. The van der Waals surface area contributed by atoms with Gasteiger partial charge in [0.15, 0.2) is 11.5 Å². The molecular formula is C28H36N2O6S. The van der Waals surface area contributed by atoms with E-state index in [-0.39, 0.29) is 22.9 Å². The van der Waals surface area contributed by atoms with Crippen molar-refractivity contribution in [3.63, 3.8) is 0 Å². The number of carbonyl (C=O) groups is 1. The SMILES string of the molecule is CCOc1ccc(N(CC(=O)NC23CC4CC(CC(C4)C2)C3)S(=O)(=O)c2ccc(OC)c(OC)c2)cc1. The molecule has 4 aliphatic carbocycles. The molecule has 0 spiro atoms. The third-order valence-electron chi connectivity index (χ3n) is 8.11. The topological polar surface area (TPSA) is 94.2 Å². The number of methoxy groups -OCH3 is 2. The Balaban J connectivity index is 1.44. The zero-order valence-electron chi connectivity index (χ0n) is 21.7. The van der Waals surface area contributed by atoms with Crippen LogP contribution in [0.15, 0.2) is 47.4 Å². The van der Waals surface area contributed by atoms with Crippen molar-refractivity contribution >= 4 is 21.6 Å². The van der Waals surface area contributed by atoms with Crippen molar-refractivity contribution in [2.24, 2.45) is 17.8 Å². The predicted molar refractivity (Wildman–Crippen MR) is 141 cm³/mol. The van der Waals surface area contributed by atoms with E-state index < -0.39 is 10.0 Å². The number of ether oxygens (including phenoxy) is 3. The maximum absolute atomic E-state index is 13.9. The second-order valence-electron chi connectivity index (χ2n) is 10.7. The van der Waals surface area contributed by atoms with Crippen molar-refractivity contribution in [3.8, 4) is 17.2 Å². The summed E-state index contributed by atoms with van der Waals surface area (Å²) in [7, 11) is -1.15. The molecule has 2 aromatic carbocycles. The summed E-state index contributed by atoms with van der Waals surface area (Å²) in [5.41, 5.74) is 0.183. The number of nitrogens with one attached hydrogen (secondary N) is 1. The smallest absolute Gasteiger partial charge is 0.264 e. The molecule has 1 N–H and O–H groups in total. The highest BCUT2D eigenvalue weighted by Gasteiger charge is 2.51. The van der Waals surface area contributed by atoms with Gasteiger partial charge in [0, 0.05) is 11.6 Å². The van der Waals surface area contributed by atoms with Crippen molar-refractivity contribution in [2.75, 3.05) is 31.7 Å². The summed E-state index contributed by atoms with van der Waals surface area (Å²) in [5.74, 6) is 3.09. The number of sulfonamides is 1. The Hall–Kier alpha value is -2.94. The maximum atomic E-state index is 13.9. The number of rotatable bonds is 10. The van der Waals surface area contributed by atoms with Gasteiger partial charge in [0.25, 0.3) is 10.0 Å². The van der Waals surface area contributed by atoms with Gasteiger partial charge in [-0.2, -0.15) is 0 Å². The van der Waals surface area contributed by atoms with Crippen LogP contribution in [0.3, 0.4) is 0 Å². The Morgan fingerprint density at radius 2 is 1.54 bits per heavy atom. The first-order valence-electron chi connectivity index (χ1n) is 13.0. The van der Waals surface area contributed by atoms with E-state index in [1.54, 1.807) is 30.3 Å². The molecule has 0 atom stereocenters. The minimum Gasteiger partial charge on any atom is -0.494 e. The molecule has 4 saturated carbocycles. The minimum absolute atomic E-state index is 0.0154. The molecule has 0 aliphatic heterocycles. The molecule has 0 saturated heterocycles. The molecule has 2 aromatic rings. The van der Waals surface area contributed by atoms with Gasteiger partial charge in [-0.15, -0.1) is 0 Å². The molecular weight excluding hydrogens is 492 g/mol. The molecule has 4 bridgehead atoms. The number of hydrogen-bond donors (Lipinski definition) is 1. The quantitative estimate of drug-likeness (QED) is 0.492. The number of hydrogen-bond acceptors (Lipinski definition) is 6. The van der Waals surface area contributed by atoms with E-state index in [9.17, 15) is 13.2 Å². The Morgan fingerprint density at radius 1 is 0.946 bits per heavy atom. The lowest BCUT2D eigenvalue weighted by Gasteiger charge is -2.57. The summed E-state index contributed by atoms with van der Waals surface area (Å²) in [6.07, 6.45) is 6.78. The summed E-state index contributed by atoms with van der Waals surface area (Å²) in [6, 6.07) is 11.2. The molecule has 0 heterocycles. The van der Waals surface area contributed by atoms with Gasteiger partial charge in [-0.25, -0.2) is 8.42 Å². The van der Waals surface area contributed by atoms with Crippen LogP contribution in [0.25, 0.3) is 0 Å². The van der Waals surface area contributed by atoms with Gasteiger partial charge in [-0.3, -0.25) is 9.10 Å². The third kappa shape index (κ3) is 5.10. The summed E-state index contributed by atoms with van der Waals surface area (Å²) < 4.78 is 45.2. The van der Waals surface area contributed by atoms with Crippen molar-refractivity contribution in [3.05, 3.63) is 42.5 Å². The fourth-order valence-corrected chi connectivity index (χ4v) is 8.46. The average molecular weight is 529 g/mol. The Morgan fingerprint density at radius 3 is 2.08 bits per heavy atom. The summed E-state index contributed by atoms with van der Waals surface area (Å²) in [6.45, 7) is 2.07. The van der Waals surface area contributed by atoms with Crippen LogP contribution in [-0.4, -0.2) is 47.2 Å². The summed E-state index contributed by atoms with van der Waals surface area (Å²) >= 11 is 0. The molecule has 37 heavy (non-hydrogen) atoms. The van der Waals surface area contributed by atoms with Gasteiger partial charge in [0.05, 0.1) is 31.4 Å². The molecule has 4 fully saturated rings. The van der Waals surface area contributed by atoms with Crippen LogP contribution in [0.1, 0.15) is 45.4 Å². The van der Waals surface area contributed by atoms with Crippen molar-refractivity contribution in [1.82, 2.24) is 5.32 Å². The van der Waals surface area contributed by atoms with Gasteiger partial charge in [-0.1, -0.05) is 0 Å². The maximum Gasteiger partial charge on any atom is 0.264 e. The first kappa shape index (κ1) is 25.7. The van der Waals surface area contributed by atoms with E-state index in [1.165, 1.54) is 49.9 Å². The minimum atomic E-state index is -4.10.